The second-order valence-electron chi connectivity index (χ2n) is 4.97. The van der Waals surface area contributed by atoms with E-state index in [-0.39, 0.29) is 11.5 Å². The SMILES string of the molecule is Cc1ccc(C(NN)C(C)(C)C)cc1Cl. The van der Waals surface area contributed by atoms with Crippen LogP contribution in [0.25, 0.3) is 0 Å². The van der Waals surface area contributed by atoms with Crippen molar-refractivity contribution in [2.24, 2.45) is 11.3 Å². The lowest BCUT2D eigenvalue weighted by atomic mass is 9.82. The zero-order chi connectivity index (χ0) is 11.6. The maximum Gasteiger partial charge on any atom is 0.0508 e. The number of rotatable bonds is 2. The van der Waals surface area contributed by atoms with E-state index in [0.717, 1.165) is 16.1 Å². The van der Waals surface area contributed by atoms with E-state index < -0.39 is 0 Å². The average Bonchev–Trinajstić information content (AvgIpc) is 2.10. The third kappa shape index (κ3) is 2.94. The molecule has 0 saturated carbocycles. The minimum absolute atomic E-state index is 0.0628. The molecule has 0 radical (unpaired) electrons. The highest BCUT2D eigenvalue weighted by atomic mass is 35.5. The van der Waals surface area contributed by atoms with Crippen LogP contribution in [0, 0.1) is 12.3 Å². The summed E-state index contributed by atoms with van der Waals surface area (Å²) in [6.07, 6.45) is 0. The molecule has 0 amide bonds. The fourth-order valence-electron chi connectivity index (χ4n) is 1.63. The Labute approximate surface area is 96.8 Å². The quantitative estimate of drug-likeness (QED) is 0.601. The summed E-state index contributed by atoms with van der Waals surface area (Å²) in [4.78, 5) is 0. The summed E-state index contributed by atoms with van der Waals surface area (Å²) in [5.41, 5.74) is 5.12. The van der Waals surface area contributed by atoms with Crippen LogP contribution in [0.5, 0.6) is 0 Å². The molecule has 0 fully saturated rings. The van der Waals surface area contributed by atoms with Gasteiger partial charge in [-0.2, -0.15) is 0 Å². The molecule has 0 aromatic heterocycles. The normalized spacial score (nSPS) is 14.0. The van der Waals surface area contributed by atoms with Crippen LogP contribution < -0.4 is 11.3 Å². The first kappa shape index (κ1) is 12.5. The maximum absolute atomic E-state index is 6.10. The molecule has 0 aliphatic heterocycles. The van der Waals surface area contributed by atoms with Crippen molar-refractivity contribution in [3.05, 3.63) is 34.3 Å². The van der Waals surface area contributed by atoms with Gasteiger partial charge in [-0.15, -0.1) is 0 Å². The predicted octanol–water partition coefficient (Wildman–Crippen LogP) is 3.20. The Morgan fingerprint density at radius 3 is 2.33 bits per heavy atom. The van der Waals surface area contributed by atoms with Crippen molar-refractivity contribution in [3.8, 4) is 0 Å². The van der Waals surface area contributed by atoms with Gasteiger partial charge in [-0.05, 0) is 29.5 Å². The van der Waals surface area contributed by atoms with Gasteiger partial charge in [0.25, 0.3) is 0 Å². The lowest BCUT2D eigenvalue weighted by Gasteiger charge is -2.30. The van der Waals surface area contributed by atoms with Gasteiger partial charge >= 0.3 is 0 Å². The van der Waals surface area contributed by atoms with Crippen LogP contribution in [-0.2, 0) is 0 Å². The molecule has 1 rings (SSSR count). The third-order valence-corrected chi connectivity index (χ3v) is 2.97. The van der Waals surface area contributed by atoms with Gasteiger partial charge in [-0.3, -0.25) is 11.3 Å². The summed E-state index contributed by atoms with van der Waals surface area (Å²) >= 11 is 6.10. The van der Waals surface area contributed by atoms with Crippen molar-refractivity contribution >= 4 is 11.6 Å². The molecule has 0 aliphatic carbocycles. The predicted molar refractivity (Wildman–Crippen MR) is 65.7 cm³/mol. The number of benzene rings is 1. The number of hydrazine groups is 1. The molecular weight excluding hydrogens is 208 g/mol. The second kappa shape index (κ2) is 4.52. The lowest BCUT2D eigenvalue weighted by molar-refractivity contribution is 0.275. The highest BCUT2D eigenvalue weighted by Gasteiger charge is 2.25. The first-order valence-electron chi connectivity index (χ1n) is 5.08. The highest BCUT2D eigenvalue weighted by Crippen LogP contribution is 2.33. The smallest absolute Gasteiger partial charge is 0.0508 e. The molecule has 0 saturated heterocycles. The Balaban J connectivity index is 3.08. The third-order valence-electron chi connectivity index (χ3n) is 2.56. The number of nitrogens with two attached hydrogens (primary N) is 1. The van der Waals surface area contributed by atoms with Gasteiger partial charge in [-0.1, -0.05) is 44.5 Å². The Kier molecular flexibility index (Phi) is 3.77. The number of hydrogen-bond acceptors (Lipinski definition) is 2. The summed E-state index contributed by atoms with van der Waals surface area (Å²) in [7, 11) is 0. The summed E-state index contributed by atoms with van der Waals surface area (Å²) in [6, 6.07) is 6.17. The summed E-state index contributed by atoms with van der Waals surface area (Å²) < 4.78 is 0. The Morgan fingerprint density at radius 2 is 1.93 bits per heavy atom. The zero-order valence-electron chi connectivity index (χ0n) is 9.76. The number of aryl methyl sites for hydroxylation is 1. The molecule has 2 nitrogen and oxygen atoms in total. The molecule has 0 aliphatic rings. The van der Waals surface area contributed by atoms with E-state index in [0.29, 0.717) is 0 Å². The van der Waals surface area contributed by atoms with Gasteiger partial charge < -0.3 is 0 Å². The first-order valence-corrected chi connectivity index (χ1v) is 5.46. The Hall–Kier alpha value is -0.570. The molecule has 3 N–H and O–H groups in total. The van der Waals surface area contributed by atoms with E-state index in [1.165, 1.54) is 0 Å². The van der Waals surface area contributed by atoms with E-state index in [1.807, 2.05) is 19.1 Å². The van der Waals surface area contributed by atoms with Crippen LogP contribution in [0.2, 0.25) is 5.02 Å². The van der Waals surface area contributed by atoms with E-state index in [2.05, 4.69) is 32.3 Å². The molecule has 84 valence electrons. The van der Waals surface area contributed by atoms with Gasteiger partial charge in [0.15, 0.2) is 0 Å². The van der Waals surface area contributed by atoms with Crippen molar-refractivity contribution in [3.63, 3.8) is 0 Å². The molecule has 1 unspecified atom stereocenters. The van der Waals surface area contributed by atoms with Gasteiger partial charge in [0, 0.05) is 5.02 Å². The van der Waals surface area contributed by atoms with Crippen LogP contribution >= 0.6 is 11.6 Å². The molecule has 1 aromatic rings. The lowest BCUT2D eigenvalue weighted by Crippen LogP contribution is -2.36. The average molecular weight is 227 g/mol. The fraction of sp³-hybridized carbons (Fsp3) is 0.500. The largest absolute Gasteiger partial charge is 0.271 e. The summed E-state index contributed by atoms with van der Waals surface area (Å²) in [5, 5.41) is 0.789. The highest BCUT2D eigenvalue weighted by molar-refractivity contribution is 6.31. The maximum atomic E-state index is 6.10. The topological polar surface area (TPSA) is 38.0 Å². The molecular formula is C12H19ClN2. The zero-order valence-corrected chi connectivity index (χ0v) is 10.5. The molecule has 15 heavy (non-hydrogen) atoms. The monoisotopic (exact) mass is 226 g/mol. The minimum atomic E-state index is 0.0628. The molecule has 0 spiro atoms. The van der Waals surface area contributed by atoms with Crippen molar-refractivity contribution in [1.29, 1.82) is 0 Å². The number of halogens is 1. The van der Waals surface area contributed by atoms with E-state index in [4.69, 9.17) is 17.4 Å². The second-order valence-corrected chi connectivity index (χ2v) is 5.38. The van der Waals surface area contributed by atoms with Crippen molar-refractivity contribution < 1.29 is 0 Å². The van der Waals surface area contributed by atoms with Crippen LogP contribution in [0.1, 0.15) is 37.9 Å². The van der Waals surface area contributed by atoms with Gasteiger partial charge in [-0.25, -0.2) is 0 Å². The van der Waals surface area contributed by atoms with Crippen molar-refractivity contribution in [1.82, 2.24) is 5.43 Å². The van der Waals surface area contributed by atoms with Crippen molar-refractivity contribution in [2.75, 3.05) is 0 Å². The fourth-order valence-corrected chi connectivity index (χ4v) is 1.82. The first-order chi connectivity index (χ1) is 6.86. The number of hydrogen-bond donors (Lipinski definition) is 2. The molecule has 1 atom stereocenters. The van der Waals surface area contributed by atoms with Crippen LogP contribution in [0.15, 0.2) is 18.2 Å². The molecule has 3 heteroatoms. The van der Waals surface area contributed by atoms with Crippen LogP contribution in [0.3, 0.4) is 0 Å². The molecule has 0 bridgehead atoms. The van der Waals surface area contributed by atoms with E-state index in [9.17, 15) is 0 Å². The van der Waals surface area contributed by atoms with Crippen LogP contribution in [-0.4, -0.2) is 0 Å². The molecule has 0 heterocycles. The van der Waals surface area contributed by atoms with E-state index in [1.54, 1.807) is 0 Å². The molecule has 1 aromatic carbocycles. The van der Waals surface area contributed by atoms with E-state index >= 15 is 0 Å². The summed E-state index contributed by atoms with van der Waals surface area (Å²) in [5.74, 6) is 5.59. The summed E-state index contributed by atoms with van der Waals surface area (Å²) in [6.45, 7) is 8.43. The standard InChI is InChI=1S/C12H19ClN2/c1-8-5-6-9(7-10(8)13)11(15-14)12(2,3)4/h5-7,11,15H,14H2,1-4H3. The van der Waals surface area contributed by atoms with Gasteiger partial charge in [0.2, 0.25) is 0 Å². The minimum Gasteiger partial charge on any atom is -0.271 e. The van der Waals surface area contributed by atoms with Gasteiger partial charge in [0.1, 0.15) is 0 Å². The number of nitrogens with one attached hydrogen (secondary N) is 1. The van der Waals surface area contributed by atoms with Gasteiger partial charge in [0.05, 0.1) is 6.04 Å². The van der Waals surface area contributed by atoms with Crippen LogP contribution in [0.4, 0.5) is 0 Å². The Morgan fingerprint density at radius 1 is 1.33 bits per heavy atom. The van der Waals surface area contributed by atoms with Crippen molar-refractivity contribution in [2.45, 2.75) is 33.7 Å². The Bertz CT molecular complexity index is 342.